The van der Waals surface area contributed by atoms with Gasteiger partial charge < -0.3 is 10.3 Å². The average molecular weight is 284 g/mol. The molecule has 2 aromatic rings. The fraction of sp³-hybridized carbons (Fsp3) is 0.400. The van der Waals surface area contributed by atoms with Crippen LogP contribution in [0.3, 0.4) is 0 Å². The number of anilines is 2. The maximum absolute atomic E-state index is 5.59. The first-order valence-corrected chi connectivity index (χ1v) is 7.14. The number of hydrogen-bond acceptors (Lipinski definition) is 6. The molecule has 6 heteroatoms. The summed E-state index contributed by atoms with van der Waals surface area (Å²) in [5.41, 5.74) is 4.80. The number of nitrogens with one attached hydrogen (secondary N) is 1. The molecule has 1 fully saturated rings. The van der Waals surface area contributed by atoms with Crippen LogP contribution in [-0.4, -0.2) is 22.0 Å². The third-order valence-corrected chi connectivity index (χ3v) is 3.72. The first-order chi connectivity index (χ1) is 10.2. The van der Waals surface area contributed by atoms with Gasteiger partial charge in [0.2, 0.25) is 0 Å². The van der Waals surface area contributed by atoms with E-state index in [9.17, 15) is 0 Å². The van der Waals surface area contributed by atoms with Gasteiger partial charge in [0.25, 0.3) is 0 Å². The predicted octanol–water partition coefficient (Wildman–Crippen LogP) is 1.98. The van der Waals surface area contributed by atoms with Crippen molar-refractivity contribution >= 4 is 11.6 Å². The molecule has 3 N–H and O–H groups in total. The largest absolute Gasteiger partial charge is 0.355 e. The van der Waals surface area contributed by atoms with Crippen LogP contribution in [0.2, 0.25) is 0 Å². The molecule has 1 aliphatic carbocycles. The summed E-state index contributed by atoms with van der Waals surface area (Å²) in [5, 5.41) is 0. The van der Waals surface area contributed by atoms with E-state index in [1.165, 1.54) is 12.8 Å². The zero-order chi connectivity index (χ0) is 14.8. The van der Waals surface area contributed by atoms with Crippen LogP contribution in [-0.2, 0) is 6.54 Å². The molecule has 21 heavy (non-hydrogen) atoms. The van der Waals surface area contributed by atoms with Gasteiger partial charge in [0.15, 0.2) is 0 Å². The highest BCUT2D eigenvalue weighted by Gasteiger charge is 2.28. The third-order valence-electron chi connectivity index (χ3n) is 3.72. The highest BCUT2D eigenvalue weighted by molar-refractivity contribution is 5.58. The van der Waals surface area contributed by atoms with Crippen LogP contribution in [0.4, 0.5) is 11.6 Å². The van der Waals surface area contributed by atoms with Gasteiger partial charge in [-0.25, -0.2) is 15.8 Å². The highest BCUT2D eigenvalue weighted by Crippen LogP contribution is 2.39. The molecule has 0 aromatic carbocycles. The number of hydrazine groups is 1. The molecular weight excluding hydrogens is 264 g/mol. The molecule has 0 radical (unpaired) electrons. The topological polar surface area (TPSA) is 80.0 Å². The maximum Gasteiger partial charge on any atom is 0.148 e. The fourth-order valence-corrected chi connectivity index (χ4v) is 2.40. The molecule has 0 atom stereocenters. The van der Waals surface area contributed by atoms with E-state index in [1.54, 1.807) is 6.20 Å². The van der Waals surface area contributed by atoms with Crippen molar-refractivity contribution in [3.05, 3.63) is 41.5 Å². The average Bonchev–Trinajstić information content (AvgIpc) is 3.33. The van der Waals surface area contributed by atoms with Crippen molar-refractivity contribution in [2.24, 2.45) is 5.84 Å². The van der Waals surface area contributed by atoms with Crippen LogP contribution in [0, 0.1) is 6.92 Å². The lowest BCUT2D eigenvalue weighted by Crippen LogP contribution is -2.22. The van der Waals surface area contributed by atoms with Crippen LogP contribution in [0.15, 0.2) is 24.5 Å². The Morgan fingerprint density at radius 1 is 1.38 bits per heavy atom. The smallest absolute Gasteiger partial charge is 0.148 e. The monoisotopic (exact) mass is 284 g/mol. The summed E-state index contributed by atoms with van der Waals surface area (Å²) in [4.78, 5) is 15.5. The normalized spacial score (nSPS) is 14.0. The molecular formula is C15H20N6. The van der Waals surface area contributed by atoms with Crippen molar-refractivity contribution in [2.75, 3.05) is 17.4 Å². The Balaban J connectivity index is 1.90. The van der Waals surface area contributed by atoms with E-state index in [-0.39, 0.29) is 0 Å². The van der Waals surface area contributed by atoms with E-state index >= 15 is 0 Å². The number of nitrogen functional groups attached to an aromatic ring is 1. The SMILES string of the molecule is Cc1c(NN)nc(C2CC2)nc1N(C)Cc1cccnc1. The molecule has 0 amide bonds. The molecule has 1 aliphatic rings. The lowest BCUT2D eigenvalue weighted by Gasteiger charge is -2.22. The standard InChI is InChI=1S/C15H20N6/c1-10-13(20-16)18-14(12-5-6-12)19-15(10)21(2)9-11-4-3-7-17-8-11/h3-4,7-8,12H,5-6,9,16H2,1-2H3,(H,18,19,20). The van der Waals surface area contributed by atoms with Gasteiger partial charge in [-0.2, -0.15) is 0 Å². The van der Waals surface area contributed by atoms with Crippen molar-refractivity contribution in [2.45, 2.75) is 32.2 Å². The number of rotatable bonds is 5. The first-order valence-electron chi connectivity index (χ1n) is 7.14. The van der Waals surface area contributed by atoms with Crippen molar-refractivity contribution in [1.82, 2.24) is 15.0 Å². The molecule has 3 rings (SSSR count). The molecule has 2 heterocycles. The van der Waals surface area contributed by atoms with E-state index in [2.05, 4.69) is 26.4 Å². The van der Waals surface area contributed by atoms with Gasteiger partial charge in [-0.15, -0.1) is 0 Å². The zero-order valence-corrected chi connectivity index (χ0v) is 12.4. The third kappa shape index (κ3) is 2.95. The van der Waals surface area contributed by atoms with Crippen LogP contribution in [0.25, 0.3) is 0 Å². The summed E-state index contributed by atoms with van der Waals surface area (Å²) in [5.74, 6) is 8.60. The second-order valence-electron chi connectivity index (χ2n) is 5.51. The Bertz CT molecular complexity index is 624. The molecule has 0 saturated heterocycles. The number of nitrogens with two attached hydrogens (primary N) is 1. The van der Waals surface area contributed by atoms with E-state index in [0.29, 0.717) is 11.7 Å². The minimum absolute atomic E-state index is 0.489. The number of pyridine rings is 1. The highest BCUT2D eigenvalue weighted by atomic mass is 15.3. The van der Waals surface area contributed by atoms with Gasteiger partial charge >= 0.3 is 0 Å². The maximum atomic E-state index is 5.59. The molecule has 6 nitrogen and oxygen atoms in total. The second-order valence-corrected chi connectivity index (χ2v) is 5.51. The Kier molecular flexibility index (Phi) is 3.70. The molecule has 0 aliphatic heterocycles. The van der Waals surface area contributed by atoms with E-state index in [0.717, 1.165) is 29.3 Å². The molecule has 2 aromatic heterocycles. The van der Waals surface area contributed by atoms with E-state index < -0.39 is 0 Å². The number of aromatic nitrogens is 3. The van der Waals surface area contributed by atoms with Gasteiger partial charge in [-0.05, 0) is 31.4 Å². The molecule has 0 unspecified atom stereocenters. The van der Waals surface area contributed by atoms with Gasteiger partial charge in [0.05, 0.1) is 0 Å². The van der Waals surface area contributed by atoms with E-state index in [1.807, 2.05) is 26.2 Å². The number of hydrogen-bond donors (Lipinski definition) is 2. The Hall–Kier alpha value is -2.21. The van der Waals surface area contributed by atoms with E-state index in [4.69, 9.17) is 10.8 Å². The fourth-order valence-electron chi connectivity index (χ4n) is 2.40. The molecule has 0 bridgehead atoms. The number of nitrogens with zero attached hydrogens (tertiary/aromatic N) is 4. The Morgan fingerprint density at radius 3 is 2.81 bits per heavy atom. The van der Waals surface area contributed by atoms with Gasteiger partial charge in [0.1, 0.15) is 17.5 Å². The Labute approximate surface area is 124 Å². The Morgan fingerprint density at radius 2 is 2.19 bits per heavy atom. The van der Waals surface area contributed by atoms with Gasteiger partial charge in [-0.1, -0.05) is 6.07 Å². The minimum atomic E-state index is 0.489. The summed E-state index contributed by atoms with van der Waals surface area (Å²) in [6.45, 7) is 2.74. The van der Waals surface area contributed by atoms with Crippen molar-refractivity contribution in [1.29, 1.82) is 0 Å². The van der Waals surface area contributed by atoms with Crippen molar-refractivity contribution in [3.63, 3.8) is 0 Å². The van der Waals surface area contributed by atoms with Gasteiger partial charge in [0, 0.05) is 37.5 Å². The molecule has 0 spiro atoms. The lowest BCUT2D eigenvalue weighted by molar-refractivity contribution is 0.842. The van der Waals surface area contributed by atoms with Crippen LogP contribution in [0.5, 0.6) is 0 Å². The first kappa shape index (κ1) is 13.8. The van der Waals surface area contributed by atoms with Crippen molar-refractivity contribution < 1.29 is 0 Å². The molecule has 1 saturated carbocycles. The lowest BCUT2D eigenvalue weighted by atomic mass is 10.2. The summed E-state index contributed by atoms with van der Waals surface area (Å²) in [6.07, 6.45) is 5.98. The van der Waals surface area contributed by atoms with Crippen LogP contribution < -0.4 is 16.2 Å². The summed E-state index contributed by atoms with van der Waals surface area (Å²) >= 11 is 0. The van der Waals surface area contributed by atoms with Crippen molar-refractivity contribution in [3.8, 4) is 0 Å². The second kappa shape index (κ2) is 5.65. The molecule has 110 valence electrons. The minimum Gasteiger partial charge on any atom is -0.355 e. The van der Waals surface area contributed by atoms with Crippen LogP contribution >= 0.6 is 0 Å². The van der Waals surface area contributed by atoms with Crippen LogP contribution in [0.1, 0.15) is 35.7 Å². The summed E-state index contributed by atoms with van der Waals surface area (Å²) in [6, 6.07) is 4.00. The summed E-state index contributed by atoms with van der Waals surface area (Å²) < 4.78 is 0. The summed E-state index contributed by atoms with van der Waals surface area (Å²) in [7, 11) is 2.03. The quantitative estimate of drug-likeness (QED) is 0.645. The van der Waals surface area contributed by atoms with Gasteiger partial charge in [-0.3, -0.25) is 4.98 Å². The predicted molar refractivity (Wildman–Crippen MR) is 82.9 cm³/mol. The zero-order valence-electron chi connectivity index (χ0n) is 12.4.